The van der Waals surface area contributed by atoms with Crippen molar-refractivity contribution in [3.63, 3.8) is 0 Å². The predicted molar refractivity (Wildman–Crippen MR) is 68.9 cm³/mol. The molecule has 0 aliphatic heterocycles. The van der Waals surface area contributed by atoms with E-state index in [1.54, 1.807) is 13.8 Å². The van der Waals surface area contributed by atoms with E-state index in [-0.39, 0.29) is 18.5 Å². The molecule has 0 fully saturated rings. The molecule has 0 heterocycles. The van der Waals surface area contributed by atoms with Gasteiger partial charge in [0.2, 0.25) is 0 Å². The number of carbonyl (C=O) groups is 2. The van der Waals surface area contributed by atoms with Crippen molar-refractivity contribution in [3.05, 3.63) is 0 Å². The van der Waals surface area contributed by atoms with Gasteiger partial charge in [-0.2, -0.15) is 0 Å². The SMILES string of the molecule is CC(=O)OCC(C)(C)C(=O)OCCC[N+](C)(C)C. The molecule has 18 heavy (non-hydrogen) atoms. The van der Waals surface area contributed by atoms with Crippen molar-refractivity contribution in [2.24, 2.45) is 5.41 Å². The molecule has 0 aromatic rings. The molecule has 0 saturated heterocycles. The summed E-state index contributed by atoms with van der Waals surface area (Å²) < 4.78 is 10.9. The Morgan fingerprint density at radius 3 is 2.11 bits per heavy atom. The number of hydrogen-bond donors (Lipinski definition) is 0. The first-order valence-electron chi connectivity index (χ1n) is 6.16. The number of nitrogens with zero attached hydrogens (tertiary/aromatic N) is 1. The van der Waals surface area contributed by atoms with Crippen molar-refractivity contribution >= 4 is 11.9 Å². The zero-order valence-electron chi connectivity index (χ0n) is 12.4. The lowest BCUT2D eigenvalue weighted by Gasteiger charge is -2.25. The Morgan fingerprint density at radius 1 is 1.11 bits per heavy atom. The summed E-state index contributed by atoms with van der Waals surface area (Å²) in [6.07, 6.45) is 0.818. The Balaban J connectivity index is 3.96. The molecule has 0 aliphatic rings. The summed E-state index contributed by atoms with van der Waals surface area (Å²) in [6.45, 7) is 6.13. The number of hydrogen-bond acceptors (Lipinski definition) is 4. The van der Waals surface area contributed by atoms with E-state index in [9.17, 15) is 9.59 Å². The van der Waals surface area contributed by atoms with E-state index in [2.05, 4.69) is 21.1 Å². The highest BCUT2D eigenvalue weighted by atomic mass is 16.5. The minimum absolute atomic E-state index is 0.0521. The first-order valence-corrected chi connectivity index (χ1v) is 6.16. The summed E-state index contributed by atoms with van der Waals surface area (Å²) in [5.74, 6) is -0.717. The molecular formula is C13H26NO4+. The number of ether oxygens (including phenoxy) is 2. The smallest absolute Gasteiger partial charge is 0.314 e. The molecule has 0 saturated carbocycles. The van der Waals surface area contributed by atoms with Gasteiger partial charge in [0, 0.05) is 13.3 Å². The second kappa shape index (κ2) is 6.73. The van der Waals surface area contributed by atoms with Gasteiger partial charge in [-0.3, -0.25) is 9.59 Å². The van der Waals surface area contributed by atoms with Crippen LogP contribution in [-0.2, 0) is 19.1 Å². The molecule has 5 nitrogen and oxygen atoms in total. The first kappa shape index (κ1) is 16.9. The van der Waals surface area contributed by atoms with Crippen LogP contribution in [-0.4, -0.2) is 57.3 Å². The molecule has 0 atom stereocenters. The van der Waals surface area contributed by atoms with Gasteiger partial charge >= 0.3 is 11.9 Å². The lowest BCUT2D eigenvalue weighted by molar-refractivity contribution is -0.870. The number of rotatable bonds is 7. The molecule has 5 heteroatoms. The zero-order chi connectivity index (χ0) is 14.4. The average Bonchev–Trinajstić information content (AvgIpc) is 2.20. The molecule has 0 radical (unpaired) electrons. The van der Waals surface area contributed by atoms with Crippen LogP contribution >= 0.6 is 0 Å². The van der Waals surface area contributed by atoms with Crippen molar-refractivity contribution in [3.8, 4) is 0 Å². The van der Waals surface area contributed by atoms with Gasteiger partial charge in [-0.1, -0.05) is 0 Å². The van der Waals surface area contributed by atoms with E-state index in [0.29, 0.717) is 6.61 Å². The Morgan fingerprint density at radius 2 is 1.67 bits per heavy atom. The van der Waals surface area contributed by atoms with Gasteiger partial charge in [0.1, 0.15) is 6.61 Å². The molecular weight excluding hydrogens is 234 g/mol. The van der Waals surface area contributed by atoms with E-state index < -0.39 is 5.41 Å². The fourth-order valence-corrected chi connectivity index (χ4v) is 1.24. The van der Waals surface area contributed by atoms with Crippen LogP contribution in [0.1, 0.15) is 27.2 Å². The summed E-state index contributed by atoms with van der Waals surface area (Å²) >= 11 is 0. The van der Waals surface area contributed by atoms with Crippen molar-refractivity contribution in [1.82, 2.24) is 0 Å². The quantitative estimate of drug-likeness (QED) is 0.392. The van der Waals surface area contributed by atoms with Crippen LogP contribution in [0.25, 0.3) is 0 Å². The summed E-state index contributed by atoms with van der Waals surface area (Å²) in [5.41, 5.74) is -0.789. The van der Waals surface area contributed by atoms with Gasteiger partial charge in [-0.15, -0.1) is 0 Å². The Bertz CT molecular complexity index is 292. The fourth-order valence-electron chi connectivity index (χ4n) is 1.24. The van der Waals surface area contributed by atoms with Crippen LogP contribution in [0.2, 0.25) is 0 Å². The maximum atomic E-state index is 11.8. The van der Waals surface area contributed by atoms with Crippen LogP contribution in [0.4, 0.5) is 0 Å². The second-order valence-corrected chi connectivity index (χ2v) is 6.17. The maximum absolute atomic E-state index is 11.8. The lowest BCUT2D eigenvalue weighted by Crippen LogP contribution is -2.37. The summed E-state index contributed by atoms with van der Waals surface area (Å²) in [4.78, 5) is 22.5. The molecule has 0 aromatic carbocycles. The lowest BCUT2D eigenvalue weighted by atomic mass is 9.95. The van der Waals surface area contributed by atoms with Crippen molar-refractivity contribution in [1.29, 1.82) is 0 Å². The zero-order valence-corrected chi connectivity index (χ0v) is 12.4. The average molecular weight is 260 g/mol. The van der Waals surface area contributed by atoms with Gasteiger partial charge < -0.3 is 14.0 Å². The molecule has 0 aromatic heterocycles. The Hall–Kier alpha value is -1.10. The van der Waals surface area contributed by atoms with E-state index >= 15 is 0 Å². The molecule has 0 spiro atoms. The highest BCUT2D eigenvalue weighted by Gasteiger charge is 2.30. The van der Waals surface area contributed by atoms with Crippen molar-refractivity contribution in [2.75, 3.05) is 40.9 Å². The summed E-state index contributed by atoms with van der Waals surface area (Å²) in [5, 5.41) is 0. The second-order valence-electron chi connectivity index (χ2n) is 6.17. The predicted octanol–water partition coefficient (Wildman–Crippen LogP) is 1.22. The van der Waals surface area contributed by atoms with Crippen LogP contribution in [0.5, 0.6) is 0 Å². The summed E-state index contributed by atoms with van der Waals surface area (Å²) in [6, 6.07) is 0. The normalized spacial score (nSPS) is 12.1. The Labute approximate surface area is 110 Å². The highest BCUT2D eigenvalue weighted by Crippen LogP contribution is 2.18. The molecule has 0 amide bonds. The van der Waals surface area contributed by atoms with Crippen LogP contribution in [0.3, 0.4) is 0 Å². The van der Waals surface area contributed by atoms with Gasteiger partial charge in [-0.25, -0.2) is 0 Å². The topological polar surface area (TPSA) is 52.6 Å². The van der Waals surface area contributed by atoms with Crippen LogP contribution < -0.4 is 0 Å². The third-order valence-electron chi connectivity index (χ3n) is 2.40. The molecule has 0 bridgehead atoms. The molecule has 106 valence electrons. The van der Waals surface area contributed by atoms with Gasteiger partial charge in [0.25, 0.3) is 0 Å². The van der Waals surface area contributed by atoms with Crippen LogP contribution in [0, 0.1) is 5.41 Å². The molecule has 0 rings (SSSR count). The number of quaternary nitrogens is 1. The number of carbonyl (C=O) groups excluding carboxylic acids is 2. The van der Waals surface area contributed by atoms with Crippen LogP contribution in [0.15, 0.2) is 0 Å². The first-order chi connectivity index (χ1) is 8.04. The molecule has 0 unspecified atom stereocenters. The monoisotopic (exact) mass is 260 g/mol. The maximum Gasteiger partial charge on any atom is 0.314 e. The fraction of sp³-hybridized carbons (Fsp3) is 0.846. The van der Waals surface area contributed by atoms with Gasteiger partial charge in [0.15, 0.2) is 0 Å². The minimum Gasteiger partial charge on any atom is -0.465 e. The third-order valence-corrected chi connectivity index (χ3v) is 2.40. The van der Waals surface area contributed by atoms with E-state index in [4.69, 9.17) is 9.47 Å². The van der Waals surface area contributed by atoms with E-state index in [1.165, 1.54) is 6.92 Å². The van der Waals surface area contributed by atoms with Gasteiger partial charge in [-0.05, 0) is 13.8 Å². The minimum atomic E-state index is -0.789. The van der Waals surface area contributed by atoms with E-state index in [1.807, 2.05) is 0 Å². The van der Waals surface area contributed by atoms with E-state index in [0.717, 1.165) is 17.4 Å². The summed E-state index contributed by atoms with van der Waals surface area (Å²) in [7, 11) is 6.27. The standard InChI is InChI=1S/C13H26NO4/c1-11(15)18-10-13(2,3)12(16)17-9-7-8-14(4,5)6/h7-10H2,1-6H3/q+1. The largest absolute Gasteiger partial charge is 0.465 e. The molecule has 0 aliphatic carbocycles. The number of esters is 2. The van der Waals surface area contributed by atoms with Crippen molar-refractivity contribution < 1.29 is 23.5 Å². The Kier molecular flexibility index (Phi) is 6.32. The van der Waals surface area contributed by atoms with Gasteiger partial charge in [0.05, 0.1) is 39.7 Å². The molecule has 0 N–H and O–H groups in total. The third kappa shape index (κ3) is 8.06. The van der Waals surface area contributed by atoms with Crippen molar-refractivity contribution in [2.45, 2.75) is 27.2 Å². The highest BCUT2D eigenvalue weighted by molar-refractivity contribution is 5.76.